The second-order valence-electron chi connectivity index (χ2n) is 8.47. The van der Waals surface area contributed by atoms with Crippen molar-refractivity contribution >= 4 is 11.9 Å². The third-order valence-corrected chi connectivity index (χ3v) is 6.92. The van der Waals surface area contributed by atoms with Gasteiger partial charge in [-0.25, -0.2) is 4.39 Å². The first-order chi connectivity index (χ1) is 13.0. The smallest absolute Gasteiger partial charge is 0.308 e. The Hall–Kier alpha value is -1.95. The number of nitrogens with zero attached hydrogens (tertiary/aromatic N) is 2. The summed E-state index contributed by atoms with van der Waals surface area (Å²) in [6.07, 6.45) is 4.47. The van der Waals surface area contributed by atoms with E-state index in [4.69, 9.17) is 0 Å². The lowest BCUT2D eigenvalue weighted by molar-refractivity contribution is -0.146. The van der Waals surface area contributed by atoms with Crippen molar-refractivity contribution in [1.29, 1.82) is 0 Å². The molecule has 146 valence electrons. The van der Waals surface area contributed by atoms with E-state index in [1.54, 1.807) is 12.1 Å². The van der Waals surface area contributed by atoms with Crippen molar-refractivity contribution in [2.75, 3.05) is 26.2 Å². The molecule has 1 amide bonds. The molecule has 2 saturated heterocycles. The van der Waals surface area contributed by atoms with E-state index >= 15 is 0 Å². The fraction of sp³-hybridized carbons (Fsp3) is 0.619. The SMILES string of the molecule is O=C(O)C1CN(C(=O)C2CCC2)CC12CCN(Cc1ccccc1F)CC2. The van der Waals surface area contributed by atoms with Crippen molar-refractivity contribution in [2.45, 2.75) is 38.6 Å². The number of carbonyl (C=O) groups excluding carboxylic acids is 1. The van der Waals surface area contributed by atoms with Crippen LogP contribution in [0, 0.1) is 23.1 Å². The first kappa shape index (κ1) is 18.4. The highest BCUT2D eigenvalue weighted by Gasteiger charge is 2.53. The lowest BCUT2D eigenvalue weighted by Gasteiger charge is -2.41. The van der Waals surface area contributed by atoms with Crippen LogP contribution in [0.5, 0.6) is 0 Å². The molecule has 1 N–H and O–H groups in total. The number of benzene rings is 1. The molecule has 3 fully saturated rings. The van der Waals surface area contributed by atoms with Gasteiger partial charge in [0.2, 0.25) is 5.91 Å². The van der Waals surface area contributed by atoms with Gasteiger partial charge in [0.05, 0.1) is 5.92 Å². The van der Waals surface area contributed by atoms with Gasteiger partial charge in [-0.05, 0) is 44.8 Å². The number of aliphatic carboxylic acids is 1. The number of likely N-dealkylation sites (tertiary alicyclic amines) is 2. The van der Waals surface area contributed by atoms with Crippen LogP contribution < -0.4 is 0 Å². The number of piperidine rings is 1. The number of hydrogen-bond acceptors (Lipinski definition) is 3. The molecule has 0 radical (unpaired) electrons. The Bertz CT molecular complexity index is 726. The molecular weight excluding hydrogens is 347 g/mol. The summed E-state index contributed by atoms with van der Waals surface area (Å²) in [5, 5.41) is 9.78. The van der Waals surface area contributed by atoms with Crippen molar-refractivity contribution in [2.24, 2.45) is 17.3 Å². The van der Waals surface area contributed by atoms with Gasteiger partial charge in [0, 0.05) is 36.5 Å². The number of amides is 1. The minimum absolute atomic E-state index is 0.107. The molecule has 2 aliphatic heterocycles. The van der Waals surface area contributed by atoms with Crippen LogP contribution in [0.25, 0.3) is 0 Å². The van der Waals surface area contributed by atoms with Crippen LogP contribution in [-0.4, -0.2) is 53.0 Å². The zero-order chi connectivity index (χ0) is 19.0. The van der Waals surface area contributed by atoms with Crippen molar-refractivity contribution in [3.05, 3.63) is 35.6 Å². The van der Waals surface area contributed by atoms with Crippen LogP contribution in [0.1, 0.15) is 37.7 Å². The van der Waals surface area contributed by atoms with Crippen molar-refractivity contribution in [3.63, 3.8) is 0 Å². The van der Waals surface area contributed by atoms with E-state index in [0.717, 1.165) is 45.2 Å². The average Bonchev–Trinajstić information content (AvgIpc) is 2.97. The molecule has 1 unspecified atom stereocenters. The summed E-state index contributed by atoms with van der Waals surface area (Å²) in [6, 6.07) is 6.80. The van der Waals surface area contributed by atoms with Gasteiger partial charge in [-0.3, -0.25) is 14.5 Å². The van der Waals surface area contributed by atoms with Gasteiger partial charge in [-0.15, -0.1) is 0 Å². The minimum Gasteiger partial charge on any atom is -0.481 e. The Kier molecular flexibility index (Phi) is 4.93. The molecule has 1 spiro atoms. The van der Waals surface area contributed by atoms with Crippen molar-refractivity contribution in [3.8, 4) is 0 Å². The van der Waals surface area contributed by atoms with Gasteiger partial charge in [0.25, 0.3) is 0 Å². The first-order valence-electron chi connectivity index (χ1n) is 9.96. The lowest BCUT2D eigenvalue weighted by Crippen LogP contribution is -2.46. The maximum atomic E-state index is 13.9. The van der Waals surface area contributed by atoms with Gasteiger partial charge in [-0.2, -0.15) is 0 Å². The van der Waals surface area contributed by atoms with Crippen LogP contribution in [0.15, 0.2) is 24.3 Å². The average molecular weight is 374 g/mol. The van der Waals surface area contributed by atoms with Gasteiger partial charge in [0.1, 0.15) is 5.82 Å². The first-order valence-corrected chi connectivity index (χ1v) is 9.96. The van der Waals surface area contributed by atoms with Gasteiger partial charge < -0.3 is 10.0 Å². The van der Waals surface area contributed by atoms with Crippen LogP contribution in [-0.2, 0) is 16.1 Å². The lowest BCUT2D eigenvalue weighted by atomic mass is 9.71. The number of hydrogen-bond donors (Lipinski definition) is 1. The minimum atomic E-state index is -0.790. The summed E-state index contributed by atoms with van der Waals surface area (Å²) in [7, 11) is 0. The monoisotopic (exact) mass is 374 g/mol. The zero-order valence-electron chi connectivity index (χ0n) is 15.6. The standard InChI is InChI=1S/C21H27FN2O3/c22-18-7-2-1-4-16(18)12-23-10-8-21(9-11-23)14-24(13-17(21)20(26)27)19(25)15-5-3-6-15/h1-2,4,7,15,17H,3,5-6,8-14H2,(H,26,27). The predicted molar refractivity (Wildman–Crippen MR) is 98.4 cm³/mol. The molecule has 0 bridgehead atoms. The largest absolute Gasteiger partial charge is 0.481 e. The summed E-state index contributed by atoms with van der Waals surface area (Å²) < 4.78 is 13.9. The Morgan fingerprint density at radius 3 is 2.48 bits per heavy atom. The van der Waals surface area contributed by atoms with Crippen LogP contribution in [0.3, 0.4) is 0 Å². The van der Waals surface area contributed by atoms with Crippen LogP contribution in [0.4, 0.5) is 4.39 Å². The normalized spacial score (nSPS) is 25.5. The number of carboxylic acid groups (broad SMARTS) is 1. The Labute approximate surface area is 159 Å². The molecule has 0 aromatic heterocycles. The number of halogens is 1. The summed E-state index contributed by atoms with van der Waals surface area (Å²) in [4.78, 5) is 28.6. The fourth-order valence-electron chi connectivity index (χ4n) is 4.92. The molecule has 1 saturated carbocycles. The maximum Gasteiger partial charge on any atom is 0.308 e. The summed E-state index contributed by atoms with van der Waals surface area (Å²) >= 11 is 0. The molecule has 3 aliphatic rings. The van der Waals surface area contributed by atoms with E-state index in [1.165, 1.54) is 6.07 Å². The van der Waals surface area contributed by atoms with E-state index in [0.29, 0.717) is 25.2 Å². The highest BCUT2D eigenvalue weighted by Crippen LogP contribution is 2.46. The van der Waals surface area contributed by atoms with Gasteiger partial charge >= 0.3 is 5.97 Å². The number of carboxylic acids is 1. The van der Waals surface area contributed by atoms with Gasteiger partial charge in [0.15, 0.2) is 0 Å². The second-order valence-corrected chi connectivity index (χ2v) is 8.47. The molecule has 1 aliphatic carbocycles. The third kappa shape index (κ3) is 3.47. The molecule has 1 aromatic carbocycles. The fourth-order valence-corrected chi connectivity index (χ4v) is 4.92. The number of rotatable bonds is 4. The predicted octanol–water partition coefficient (Wildman–Crippen LogP) is 2.75. The van der Waals surface area contributed by atoms with Gasteiger partial charge in [-0.1, -0.05) is 24.6 Å². The van der Waals surface area contributed by atoms with E-state index in [-0.39, 0.29) is 23.1 Å². The zero-order valence-corrected chi connectivity index (χ0v) is 15.6. The maximum absolute atomic E-state index is 13.9. The molecule has 1 aromatic rings. The molecule has 1 atom stereocenters. The Balaban J connectivity index is 1.42. The molecule has 6 heteroatoms. The highest BCUT2D eigenvalue weighted by atomic mass is 19.1. The molecular formula is C21H27FN2O3. The third-order valence-electron chi connectivity index (χ3n) is 6.92. The summed E-state index contributed by atoms with van der Waals surface area (Å²) in [6.45, 7) is 2.93. The molecule has 5 nitrogen and oxygen atoms in total. The van der Waals surface area contributed by atoms with E-state index < -0.39 is 11.9 Å². The van der Waals surface area contributed by atoms with E-state index in [2.05, 4.69) is 4.90 Å². The van der Waals surface area contributed by atoms with Crippen LogP contribution in [0.2, 0.25) is 0 Å². The van der Waals surface area contributed by atoms with E-state index in [9.17, 15) is 19.1 Å². The molecule has 2 heterocycles. The van der Waals surface area contributed by atoms with Crippen LogP contribution >= 0.6 is 0 Å². The Morgan fingerprint density at radius 1 is 1.19 bits per heavy atom. The summed E-state index contributed by atoms with van der Waals surface area (Å²) in [5.41, 5.74) is 0.341. The van der Waals surface area contributed by atoms with E-state index in [1.807, 2.05) is 11.0 Å². The quantitative estimate of drug-likeness (QED) is 0.880. The molecule has 27 heavy (non-hydrogen) atoms. The highest BCUT2D eigenvalue weighted by molar-refractivity contribution is 5.82. The topological polar surface area (TPSA) is 60.9 Å². The van der Waals surface area contributed by atoms with Crippen molar-refractivity contribution in [1.82, 2.24) is 9.80 Å². The van der Waals surface area contributed by atoms with Crippen molar-refractivity contribution < 1.29 is 19.1 Å². The number of carbonyl (C=O) groups is 2. The summed E-state index contributed by atoms with van der Waals surface area (Å²) in [5.74, 6) is -1.22. The Morgan fingerprint density at radius 2 is 1.89 bits per heavy atom. The second kappa shape index (κ2) is 7.23. The molecule has 4 rings (SSSR count).